The second-order valence-electron chi connectivity index (χ2n) is 2.68. The Balaban J connectivity index is 3.13. The highest BCUT2D eigenvalue weighted by Crippen LogP contribution is 2.13. The van der Waals surface area contributed by atoms with Gasteiger partial charge in [0.1, 0.15) is 0 Å². The molecule has 1 nitrogen and oxygen atoms in total. The Bertz CT molecular complexity index is 127. The van der Waals surface area contributed by atoms with Crippen molar-refractivity contribution in [2.45, 2.75) is 37.5 Å². The largest absolute Gasteiger partial charge is 0.281 e. The topological polar surface area (TPSA) is 17.1 Å². The lowest BCUT2D eigenvalue weighted by Crippen LogP contribution is -1.99. The van der Waals surface area contributed by atoms with Gasteiger partial charge < -0.3 is 0 Å². The van der Waals surface area contributed by atoms with Gasteiger partial charge in [0.2, 0.25) is 5.24 Å². The van der Waals surface area contributed by atoms with E-state index in [9.17, 15) is 4.79 Å². The molecule has 1 unspecified atom stereocenters. The van der Waals surface area contributed by atoms with Gasteiger partial charge in [-0.1, -0.05) is 6.42 Å². The Kier molecular flexibility index (Phi) is 8.52. The fraction of sp³-hybridized carbons (Fsp3) is 0.875. The summed E-state index contributed by atoms with van der Waals surface area (Å²) in [7, 11) is 0. The lowest BCUT2D eigenvalue weighted by atomic mass is 10.1. The zero-order chi connectivity index (χ0) is 9.40. The van der Waals surface area contributed by atoms with Gasteiger partial charge in [-0.3, -0.25) is 4.79 Å². The summed E-state index contributed by atoms with van der Waals surface area (Å²) in [6, 6.07) is 0. The van der Waals surface area contributed by atoms with Crippen LogP contribution in [0.5, 0.6) is 0 Å². The molecule has 0 aromatic heterocycles. The molecular weight excluding hydrogens is 218 g/mol. The molecule has 0 amide bonds. The van der Waals surface area contributed by atoms with Gasteiger partial charge in [0.15, 0.2) is 0 Å². The van der Waals surface area contributed by atoms with Crippen LogP contribution in [0.25, 0.3) is 0 Å². The highest BCUT2D eigenvalue weighted by molar-refractivity contribution is 6.63. The fourth-order valence-corrected chi connectivity index (χ4v) is 1.66. The van der Waals surface area contributed by atoms with E-state index in [1.807, 2.05) is 0 Å². The van der Waals surface area contributed by atoms with Crippen LogP contribution < -0.4 is 0 Å². The molecular formula is C8H13Cl3O. The van der Waals surface area contributed by atoms with E-state index in [1.54, 1.807) is 0 Å². The van der Waals surface area contributed by atoms with Crippen LogP contribution in [0.15, 0.2) is 0 Å². The Hall–Kier alpha value is 0.540. The zero-order valence-electron chi connectivity index (χ0n) is 6.86. The molecule has 0 radical (unpaired) electrons. The molecule has 0 fully saturated rings. The van der Waals surface area contributed by atoms with Crippen molar-refractivity contribution in [2.24, 2.45) is 0 Å². The number of hydrogen-bond donors (Lipinski definition) is 0. The Morgan fingerprint density at radius 2 is 1.92 bits per heavy atom. The van der Waals surface area contributed by atoms with Gasteiger partial charge in [-0.25, -0.2) is 0 Å². The molecule has 0 aliphatic carbocycles. The molecule has 0 aliphatic heterocycles. The summed E-state index contributed by atoms with van der Waals surface area (Å²) >= 11 is 16.6. The minimum atomic E-state index is -0.265. The van der Waals surface area contributed by atoms with Gasteiger partial charge in [-0.15, -0.1) is 23.2 Å². The van der Waals surface area contributed by atoms with Crippen molar-refractivity contribution in [3.05, 3.63) is 0 Å². The summed E-state index contributed by atoms with van der Waals surface area (Å²) in [6.45, 7) is 0. The van der Waals surface area contributed by atoms with Crippen LogP contribution in [0, 0.1) is 0 Å². The summed E-state index contributed by atoms with van der Waals surface area (Å²) in [5.74, 6) is 0.600. The van der Waals surface area contributed by atoms with E-state index in [4.69, 9.17) is 34.8 Å². The maximum absolute atomic E-state index is 10.3. The molecule has 0 saturated heterocycles. The number of hydrogen-bond acceptors (Lipinski definition) is 1. The number of alkyl halides is 2. The molecule has 0 aromatic carbocycles. The highest BCUT2D eigenvalue weighted by atomic mass is 35.5. The van der Waals surface area contributed by atoms with E-state index in [0.29, 0.717) is 12.3 Å². The number of rotatable bonds is 7. The monoisotopic (exact) mass is 230 g/mol. The third-order valence-electron chi connectivity index (χ3n) is 1.56. The summed E-state index contributed by atoms with van der Waals surface area (Å²) < 4.78 is 0. The quantitative estimate of drug-likeness (QED) is 0.372. The number of unbranched alkanes of at least 4 members (excludes halogenated alkanes) is 1. The lowest BCUT2D eigenvalue weighted by Gasteiger charge is -2.05. The van der Waals surface area contributed by atoms with Gasteiger partial charge in [0.05, 0.1) is 0 Å². The molecule has 72 valence electrons. The molecule has 0 aliphatic rings. The summed E-state index contributed by atoms with van der Waals surface area (Å²) in [4.78, 5) is 10.3. The first-order chi connectivity index (χ1) is 5.66. The normalized spacial score (nSPS) is 12.9. The van der Waals surface area contributed by atoms with Crippen LogP contribution in [0.3, 0.4) is 0 Å². The molecule has 4 heteroatoms. The molecule has 0 rings (SSSR count). The van der Waals surface area contributed by atoms with Crippen molar-refractivity contribution < 1.29 is 4.79 Å². The molecule has 0 saturated carbocycles. The third kappa shape index (κ3) is 8.63. The number of carbonyl (C=O) groups excluding carboxylic acids is 1. The van der Waals surface area contributed by atoms with Crippen LogP contribution >= 0.6 is 34.8 Å². The van der Waals surface area contributed by atoms with Crippen molar-refractivity contribution in [2.75, 3.05) is 5.88 Å². The van der Waals surface area contributed by atoms with Crippen LogP contribution in [-0.2, 0) is 4.79 Å². The number of carbonyl (C=O) groups is 1. The SMILES string of the molecule is O=C(Cl)CCCCC(Cl)CCCl. The summed E-state index contributed by atoms with van der Waals surface area (Å²) in [6.07, 6.45) is 3.97. The van der Waals surface area contributed by atoms with Gasteiger partial charge in [0.25, 0.3) is 0 Å². The Morgan fingerprint density at radius 3 is 2.42 bits per heavy atom. The fourth-order valence-electron chi connectivity index (χ4n) is 0.893. The minimum absolute atomic E-state index is 0.146. The smallest absolute Gasteiger partial charge is 0.221 e. The molecule has 0 spiro atoms. The number of halogens is 3. The summed E-state index contributed by atoms with van der Waals surface area (Å²) in [5, 5.41) is -0.119. The molecule has 0 N–H and O–H groups in total. The van der Waals surface area contributed by atoms with E-state index in [-0.39, 0.29) is 10.6 Å². The predicted molar refractivity (Wildman–Crippen MR) is 54.3 cm³/mol. The highest BCUT2D eigenvalue weighted by Gasteiger charge is 2.03. The third-order valence-corrected chi connectivity index (χ3v) is 2.41. The van der Waals surface area contributed by atoms with Gasteiger partial charge in [-0.05, 0) is 30.9 Å². The van der Waals surface area contributed by atoms with Crippen molar-refractivity contribution in [1.82, 2.24) is 0 Å². The van der Waals surface area contributed by atoms with Crippen molar-refractivity contribution in [3.8, 4) is 0 Å². The van der Waals surface area contributed by atoms with Gasteiger partial charge in [0, 0.05) is 17.7 Å². The van der Waals surface area contributed by atoms with E-state index in [1.165, 1.54) is 0 Å². The van der Waals surface area contributed by atoms with Crippen LogP contribution in [0.2, 0.25) is 0 Å². The minimum Gasteiger partial charge on any atom is -0.281 e. The average molecular weight is 232 g/mol. The Labute approximate surface area is 88.4 Å². The molecule has 0 heterocycles. The van der Waals surface area contributed by atoms with Gasteiger partial charge >= 0.3 is 0 Å². The average Bonchev–Trinajstić information content (AvgIpc) is 1.98. The molecule has 0 aromatic rings. The first-order valence-corrected chi connectivity index (χ1v) is 5.40. The van der Waals surface area contributed by atoms with Crippen LogP contribution in [-0.4, -0.2) is 16.5 Å². The molecule has 1 atom stereocenters. The first-order valence-electron chi connectivity index (χ1n) is 4.05. The maximum Gasteiger partial charge on any atom is 0.221 e. The van der Waals surface area contributed by atoms with E-state index < -0.39 is 0 Å². The maximum atomic E-state index is 10.3. The predicted octanol–water partition coefficient (Wildman–Crippen LogP) is 3.55. The van der Waals surface area contributed by atoms with Crippen molar-refractivity contribution in [3.63, 3.8) is 0 Å². The van der Waals surface area contributed by atoms with E-state index >= 15 is 0 Å². The summed E-state index contributed by atoms with van der Waals surface area (Å²) in [5.41, 5.74) is 0. The Morgan fingerprint density at radius 1 is 1.25 bits per heavy atom. The van der Waals surface area contributed by atoms with E-state index in [0.717, 1.165) is 25.7 Å². The second-order valence-corrected chi connectivity index (χ2v) is 4.09. The molecule has 0 bridgehead atoms. The van der Waals surface area contributed by atoms with Crippen molar-refractivity contribution in [1.29, 1.82) is 0 Å². The standard InChI is InChI=1S/C8H13Cl3O/c9-6-5-7(10)3-1-2-4-8(11)12/h7H,1-6H2. The van der Waals surface area contributed by atoms with Crippen LogP contribution in [0.1, 0.15) is 32.1 Å². The van der Waals surface area contributed by atoms with E-state index in [2.05, 4.69) is 0 Å². The van der Waals surface area contributed by atoms with Crippen molar-refractivity contribution >= 4 is 40.0 Å². The second kappa shape index (κ2) is 8.15. The van der Waals surface area contributed by atoms with Crippen LogP contribution in [0.4, 0.5) is 0 Å². The first kappa shape index (κ1) is 12.5. The lowest BCUT2D eigenvalue weighted by molar-refractivity contribution is -0.111. The molecule has 12 heavy (non-hydrogen) atoms. The zero-order valence-corrected chi connectivity index (χ0v) is 9.13. The van der Waals surface area contributed by atoms with Gasteiger partial charge in [-0.2, -0.15) is 0 Å².